The van der Waals surface area contributed by atoms with Crippen molar-refractivity contribution >= 4 is 47.4 Å². The van der Waals surface area contributed by atoms with Crippen LogP contribution in [0, 0.1) is 0 Å². The Morgan fingerprint density at radius 2 is 1.25 bits per heavy atom. The zero-order valence-corrected chi connectivity index (χ0v) is 14.7. The van der Waals surface area contributed by atoms with Crippen molar-refractivity contribution in [2.45, 2.75) is 6.92 Å². The van der Waals surface area contributed by atoms with Gasteiger partial charge in [-0.05, 0) is 31.2 Å². The highest BCUT2D eigenvalue weighted by atomic mass is 79.9. The number of rotatable bonds is 6. The molecule has 0 amide bonds. The molecule has 0 radical (unpaired) electrons. The largest absolute Gasteiger partial charge is 0.273 e. The van der Waals surface area contributed by atoms with Crippen molar-refractivity contribution < 1.29 is 16.8 Å². The van der Waals surface area contributed by atoms with Gasteiger partial charge in [0.05, 0.1) is 17.1 Å². The molecule has 0 aliphatic carbocycles. The standard InChI is InChI=1S/C11H17BrN2O4S2/c1-4-19(15,16)13(2)10-5-7-11(8-6-10)14(3)20(17,18)9-12/h5-8H,4,9H2,1-3H3. The minimum atomic E-state index is -3.40. The summed E-state index contributed by atoms with van der Waals surface area (Å²) < 4.78 is 49.0. The number of sulfonamides is 2. The lowest BCUT2D eigenvalue weighted by molar-refractivity contribution is 0.595. The van der Waals surface area contributed by atoms with Crippen molar-refractivity contribution in [3.8, 4) is 0 Å². The lowest BCUT2D eigenvalue weighted by Gasteiger charge is -2.21. The molecule has 0 saturated heterocycles. The summed E-state index contributed by atoms with van der Waals surface area (Å²) in [7, 11) is -3.82. The molecule has 0 N–H and O–H groups in total. The van der Waals surface area contributed by atoms with Crippen LogP contribution in [-0.4, -0.2) is 41.3 Å². The molecule has 1 rings (SSSR count). The van der Waals surface area contributed by atoms with Crippen molar-refractivity contribution in [2.75, 3.05) is 33.1 Å². The number of hydrogen-bond donors (Lipinski definition) is 0. The van der Waals surface area contributed by atoms with E-state index in [0.717, 1.165) is 4.31 Å². The molecular weight excluding hydrogens is 368 g/mol. The highest BCUT2D eigenvalue weighted by Crippen LogP contribution is 2.23. The second-order valence-electron chi connectivity index (χ2n) is 4.07. The van der Waals surface area contributed by atoms with Gasteiger partial charge in [0.15, 0.2) is 0 Å². The maximum absolute atomic E-state index is 11.7. The van der Waals surface area contributed by atoms with E-state index in [-0.39, 0.29) is 10.4 Å². The van der Waals surface area contributed by atoms with Crippen LogP contribution in [0.15, 0.2) is 24.3 Å². The van der Waals surface area contributed by atoms with E-state index in [2.05, 4.69) is 15.9 Å². The maximum atomic E-state index is 11.7. The molecule has 0 bridgehead atoms. The van der Waals surface area contributed by atoms with Crippen LogP contribution in [0.1, 0.15) is 6.92 Å². The Morgan fingerprint density at radius 3 is 1.55 bits per heavy atom. The van der Waals surface area contributed by atoms with Crippen LogP contribution in [0.3, 0.4) is 0 Å². The van der Waals surface area contributed by atoms with E-state index in [4.69, 9.17) is 0 Å². The summed E-state index contributed by atoms with van der Waals surface area (Å²) in [5, 5.41) is 0. The molecule has 0 atom stereocenters. The summed E-state index contributed by atoms with van der Waals surface area (Å²) in [5.74, 6) is 0.00310. The van der Waals surface area contributed by atoms with Crippen LogP contribution in [0.2, 0.25) is 0 Å². The van der Waals surface area contributed by atoms with E-state index >= 15 is 0 Å². The summed E-state index contributed by atoms with van der Waals surface area (Å²) in [6.07, 6.45) is 0. The normalized spacial score (nSPS) is 12.2. The predicted molar refractivity (Wildman–Crippen MR) is 85.4 cm³/mol. The molecule has 0 aliphatic heterocycles. The molecule has 114 valence electrons. The first-order chi connectivity index (χ1) is 9.15. The number of benzene rings is 1. The Labute approximate surface area is 128 Å². The molecule has 0 heterocycles. The fraction of sp³-hybridized carbons (Fsp3) is 0.455. The molecule has 0 saturated carbocycles. The second kappa shape index (κ2) is 6.31. The monoisotopic (exact) mass is 384 g/mol. The number of nitrogens with zero attached hydrogens (tertiary/aromatic N) is 2. The maximum Gasteiger partial charge on any atom is 0.244 e. The number of anilines is 2. The average Bonchev–Trinajstić information content (AvgIpc) is 2.45. The van der Waals surface area contributed by atoms with E-state index in [1.165, 1.54) is 18.4 Å². The van der Waals surface area contributed by atoms with E-state index in [1.54, 1.807) is 31.2 Å². The fourth-order valence-corrected chi connectivity index (χ4v) is 3.80. The van der Waals surface area contributed by atoms with Crippen molar-refractivity contribution in [1.29, 1.82) is 0 Å². The first-order valence-electron chi connectivity index (χ1n) is 5.75. The lowest BCUT2D eigenvalue weighted by atomic mass is 10.3. The van der Waals surface area contributed by atoms with Gasteiger partial charge in [0.2, 0.25) is 20.0 Å². The Balaban J connectivity index is 3.07. The molecule has 1 aromatic carbocycles. The molecule has 1 aromatic rings. The fourth-order valence-electron chi connectivity index (χ4n) is 1.46. The Kier molecular flexibility index (Phi) is 5.45. The van der Waals surface area contributed by atoms with E-state index in [0.29, 0.717) is 11.4 Å². The summed E-state index contributed by atoms with van der Waals surface area (Å²) in [5.41, 5.74) is 0.954. The molecule has 20 heavy (non-hydrogen) atoms. The van der Waals surface area contributed by atoms with Gasteiger partial charge < -0.3 is 0 Å². The van der Waals surface area contributed by atoms with Crippen molar-refractivity contribution in [2.24, 2.45) is 0 Å². The van der Waals surface area contributed by atoms with Crippen LogP contribution < -0.4 is 8.61 Å². The SMILES string of the molecule is CCS(=O)(=O)N(C)c1ccc(N(C)S(=O)(=O)CBr)cc1. The van der Waals surface area contributed by atoms with Crippen LogP contribution in [0.25, 0.3) is 0 Å². The summed E-state index contributed by atoms with van der Waals surface area (Å²) >= 11 is 2.92. The van der Waals surface area contributed by atoms with Crippen LogP contribution in [0.5, 0.6) is 0 Å². The van der Waals surface area contributed by atoms with Crippen LogP contribution >= 0.6 is 15.9 Å². The van der Waals surface area contributed by atoms with Crippen LogP contribution in [0.4, 0.5) is 11.4 Å². The molecule has 0 aliphatic rings. The quantitative estimate of drug-likeness (QED) is 0.697. The van der Waals surface area contributed by atoms with Gasteiger partial charge in [-0.15, -0.1) is 0 Å². The van der Waals surface area contributed by atoms with Gasteiger partial charge in [-0.25, -0.2) is 16.8 Å². The zero-order valence-electron chi connectivity index (χ0n) is 11.4. The van der Waals surface area contributed by atoms with E-state index in [9.17, 15) is 16.8 Å². The highest BCUT2D eigenvalue weighted by molar-refractivity contribution is 9.10. The molecule has 0 spiro atoms. The lowest BCUT2D eigenvalue weighted by Crippen LogP contribution is -2.29. The van der Waals surface area contributed by atoms with Gasteiger partial charge in [-0.2, -0.15) is 0 Å². The third-order valence-corrected chi connectivity index (χ3v) is 7.75. The molecule has 0 unspecified atom stereocenters. The van der Waals surface area contributed by atoms with Gasteiger partial charge >= 0.3 is 0 Å². The van der Waals surface area contributed by atoms with E-state index < -0.39 is 20.0 Å². The average molecular weight is 385 g/mol. The number of halogens is 1. The first kappa shape index (κ1) is 17.3. The van der Waals surface area contributed by atoms with Crippen LogP contribution in [-0.2, 0) is 20.0 Å². The third-order valence-electron chi connectivity index (χ3n) is 2.91. The van der Waals surface area contributed by atoms with E-state index in [1.807, 2.05) is 0 Å². The Morgan fingerprint density at radius 1 is 0.900 bits per heavy atom. The summed E-state index contributed by atoms with van der Waals surface area (Å²) in [4.78, 5) is 0. The predicted octanol–water partition coefficient (Wildman–Crippen LogP) is 1.59. The Hall–Kier alpha value is -0.800. The van der Waals surface area contributed by atoms with Crippen molar-refractivity contribution in [1.82, 2.24) is 0 Å². The molecule has 0 fully saturated rings. The van der Waals surface area contributed by atoms with Crippen molar-refractivity contribution in [3.05, 3.63) is 24.3 Å². The number of alkyl halides is 1. The van der Waals surface area contributed by atoms with Gasteiger partial charge in [0, 0.05) is 14.1 Å². The molecule has 9 heteroatoms. The van der Waals surface area contributed by atoms with Gasteiger partial charge in [0.1, 0.15) is 4.66 Å². The smallest absolute Gasteiger partial charge is 0.244 e. The number of hydrogen-bond acceptors (Lipinski definition) is 4. The Bertz CT molecular complexity index is 597. The topological polar surface area (TPSA) is 74.8 Å². The van der Waals surface area contributed by atoms with Gasteiger partial charge in [0.25, 0.3) is 0 Å². The molecular formula is C11H17BrN2O4S2. The summed E-state index contributed by atoms with van der Waals surface area (Å²) in [6.45, 7) is 1.57. The summed E-state index contributed by atoms with van der Waals surface area (Å²) in [6, 6.07) is 6.28. The zero-order chi connectivity index (χ0) is 15.6. The van der Waals surface area contributed by atoms with Crippen molar-refractivity contribution in [3.63, 3.8) is 0 Å². The highest BCUT2D eigenvalue weighted by Gasteiger charge is 2.18. The first-order valence-corrected chi connectivity index (χ1v) is 10.1. The third kappa shape index (κ3) is 3.64. The van der Waals surface area contributed by atoms with Gasteiger partial charge in [-0.3, -0.25) is 8.61 Å². The minimum Gasteiger partial charge on any atom is -0.273 e. The van der Waals surface area contributed by atoms with Gasteiger partial charge in [-0.1, -0.05) is 15.9 Å². The minimum absolute atomic E-state index is 0.00310. The molecule has 0 aromatic heterocycles. The second-order valence-corrected chi connectivity index (χ2v) is 9.67. The molecule has 6 nitrogen and oxygen atoms in total.